The van der Waals surface area contributed by atoms with E-state index in [1.807, 2.05) is 37.3 Å². The molecule has 2 rings (SSSR count). The lowest BCUT2D eigenvalue weighted by Crippen LogP contribution is -1.96. The van der Waals surface area contributed by atoms with Gasteiger partial charge < -0.3 is 5.11 Å². The molecule has 0 atom stereocenters. The highest BCUT2D eigenvalue weighted by atomic mass is 16.3. The van der Waals surface area contributed by atoms with Crippen molar-refractivity contribution in [1.82, 2.24) is 9.78 Å². The molecule has 0 amide bonds. The fraction of sp³-hybridized carbons (Fsp3) is 0.400. The summed E-state index contributed by atoms with van der Waals surface area (Å²) < 4.78 is 1.67. The first-order chi connectivity index (χ1) is 8.77. The summed E-state index contributed by atoms with van der Waals surface area (Å²) in [6.45, 7) is 4.85. The molecule has 1 aromatic heterocycles. The first-order valence-corrected chi connectivity index (χ1v) is 6.62. The number of hydrogen-bond acceptors (Lipinski definition) is 2. The molecule has 18 heavy (non-hydrogen) atoms. The second-order valence-electron chi connectivity index (χ2n) is 4.43. The largest absolute Gasteiger partial charge is 0.493 e. The topological polar surface area (TPSA) is 38.0 Å². The number of aromatic hydroxyl groups is 1. The molecule has 3 heteroatoms. The van der Waals surface area contributed by atoms with Crippen molar-refractivity contribution in [3.05, 3.63) is 36.0 Å². The third-order valence-corrected chi connectivity index (χ3v) is 3.13. The van der Waals surface area contributed by atoms with Gasteiger partial charge in [0, 0.05) is 6.54 Å². The van der Waals surface area contributed by atoms with Crippen LogP contribution in [0.25, 0.3) is 11.1 Å². The number of rotatable bonds is 5. The van der Waals surface area contributed by atoms with E-state index < -0.39 is 0 Å². The van der Waals surface area contributed by atoms with Gasteiger partial charge in [0.15, 0.2) is 0 Å². The molecule has 1 N–H and O–H groups in total. The average Bonchev–Trinajstić information content (AvgIpc) is 2.73. The Morgan fingerprint density at radius 1 is 1.17 bits per heavy atom. The van der Waals surface area contributed by atoms with Gasteiger partial charge in [-0.05, 0) is 25.3 Å². The molecular formula is C15H20N2O. The van der Waals surface area contributed by atoms with Gasteiger partial charge in [-0.15, -0.1) is 0 Å². The number of aryl methyl sites for hydroxylation is 2. The number of unbranched alkanes of at least 4 members (excludes halogenated alkanes) is 1. The van der Waals surface area contributed by atoms with Crippen molar-refractivity contribution in [2.24, 2.45) is 0 Å². The molecule has 2 aromatic rings. The minimum Gasteiger partial charge on any atom is -0.493 e. The average molecular weight is 244 g/mol. The second-order valence-corrected chi connectivity index (χ2v) is 4.43. The summed E-state index contributed by atoms with van der Waals surface area (Å²) in [7, 11) is 0. The van der Waals surface area contributed by atoms with Crippen LogP contribution in [0.15, 0.2) is 30.3 Å². The fourth-order valence-corrected chi connectivity index (χ4v) is 2.14. The van der Waals surface area contributed by atoms with Gasteiger partial charge in [-0.2, -0.15) is 5.10 Å². The van der Waals surface area contributed by atoms with E-state index >= 15 is 0 Å². The summed E-state index contributed by atoms with van der Waals surface area (Å²) in [5, 5.41) is 14.8. The van der Waals surface area contributed by atoms with Crippen molar-refractivity contribution in [2.75, 3.05) is 0 Å². The van der Waals surface area contributed by atoms with Crippen molar-refractivity contribution in [3.8, 4) is 17.0 Å². The SMILES string of the molecule is CCCCc1nn(CC)c(O)c1-c1ccccc1. The minimum atomic E-state index is 0.287. The maximum Gasteiger partial charge on any atom is 0.217 e. The van der Waals surface area contributed by atoms with Crippen molar-refractivity contribution in [1.29, 1.82) is 0 Å². The molecule has 0 bridgehead atoms. The van der Waals surface area contributed by atoms with Crippen molar-refractivity contribution in [2.45, 2.75) is 39.7 Å². The van der Waals surface area contributed by atoms with E-state index in [0.717, 1.165) is 36.1 Å². The van der Waals surface area contributed by atoms with Crippen molar-refractivity contribution >= 4 is 0 Å². The summed E-state index contributed by atoms with van der Waals surface area (Å²) in [6.07, 6.45) is 3.15. The molecular weight excluding hydrogens is 224 g/mol. The fourth-order valence-electron chi connectivity index (χ4n) is 2.14. The third kappa shape index (κ3) is 2.40. The number of hydrogen-bond donors (Lipinski definition) is 1. The Labute approximate surface area is 108 Å². The maximum absolute atomic E-state index is 10.3. The quantitative estimate of drug-likeness (QED) is 0.872. The Kier molecular flexibility index (Phi) is 4.03. The van der Waals surface area contributed by atoms with E-state index in [-0.39, 0.29) is 5.88 Å². The first-order valence-electron chi connectivity index (χ1n) is 6.62. The Morgan fingerprint density at radius 2 is 1.89 bits per heavy atom. The van der Waals surface area contributed by atoms with Crippen molar-refractivity contribution in [3.63, 3.8) is 0 Å². The summed E-state index contributed by atoms with van der Waals surface area (Å²) >= 11 is 0. The van der Waals surface area contributed by atoms with Gasteiger partial charge in [0.2, 0.25) is 5.88 Å². The van der Waals surface area contributed by atoms with Crippen LogP contribution in [0, 0.1) is 0 Å². The van der Waals surface area contributed by atoms with Crippen LogP contribution in [0.2, 0.25) is 0 Å². The normalized spacial score (nSPS) is 10.8. The zero-order valence-electron chi connectivity index (χ0n) is 11.1. The molecule has 0 fully saturated rings. The molecule has 0 radical (unpaired) electrons. The van der Waals surface area contributed by atoms with Crippen LogP contribution in [0.1, 0.15) is 32.4 Å². The monoisotopic (exact) mass is 244 g/mol. The Hall–Kier alpha value is -1.77. The van der Waals surface area contributed by atoms with Crippen LogP contribution < -0.4 is 0 Å². The molecule has 0 saturated carbocycles. The van der Waals surface area contributed by atoms with E-state index in [9.17, 15) is 5.11 Å². The molecule has 3 nitrogen and oxygen atoms in total. The van der Waals surface area contributed by atoms with Gasteiger partial charge in [0.25, 0.3) is 0 Å². The van der Waals surface area contributed by atoms with Gasteiger partial charge in [0.1, 0.15) is 0 Å². The van der Waals surface area contributed by atoms with Crippen LogP contribution in [0.4, 0.5) is 0 Å². The Morgan fingerprint density at radius 3 is 2.50 bits per heavy atom. The predicted molar refractivity (Wildman–Crippen MR) is 73.6 cm³/mol. The summed E-state index contributed by atoms with van der Waals surface area (Å²) in [5.74, 6) is 0.287. The second kappa shape index (κ2) is 5.71. The molecule has 0 aliphatic heterocycles. The van der Waals surface area contributed by atoms with E-state index in [4.69, 9.17) is 0 Å². The van der Waals surface area contributed by atoms with Crippen LogP contribution in [-0.4, -0.2) is 14.9 Å². The predicted octanol–water partition coefficient (Wildman–Crippen LogP) is 3.62. The highest BCUT2D eigenvalue weighted by molar-refractivity contribution is 5.71. The van der Waals surface area contributed by atoms with Crippen LogP contribution in [-0.2, 0) is 13.0 Å². The smallest absolute Gasteiger partial charge is 0.217 e. The van der Waals surface area contributed by atoms with E-state index in [1.165, 1.54) is 0 Å². The molecule has 1 heterocycles. The van der Waals surface area contributed by atoms with E-state index in [2.05, 4.69) is 12.0 Å². The van der Waals surface area contributed by atoms with Gasteiger partial charge in [-0.1, -0.05) is 43.7 Å². The molecule has 0 aliphatic rings. The molecule has 0 spiro atoms. The van der Waals surface area contributed by atoms with Gasteiger partial charge in [-0.3, -0.25) is 0 Å². The molecule has 1 aromatic carbocycles. The lowest BCUT2D eigenvalue weighted by atomic mass is 10.0. The zero-order chi connectivity index (χ0) is 13.0. The molecule has 0 saturated heterocycles. The summed E-state index contributed by atoms with van der Waals surface area (Å²) in [6, 6.07) is 10.00. The standard InChI is InChI=1S/C15H20N2O/c1-3-5-11-13-14(12-9-7-6-8-10-12)15(18)17(4-2)16-13/h6-10,18H,3-5,11H2,1-2H3. The Bertz CT molecular complexity index is 503. The van der Waals surface area contributed by atoms with Crippen molar-refractivity contribution < 1.29 is 5.11 Å². The van der Waals surface area contributed by atoms with Gasteiger partial charge in [0.05, 0.1) is 11.3 Å². The molecule has 96 valence electrons. The Balaban J connectivity index is 2.46. The highest BCUT2D eigenvalue weighted by Crippen LogP contribution is 2.33. The van der Waals surface area contributed by atoms with Crippen LogP contribution >= 0.6 is 0 Å². The molecule has 0 unspecified atom stereocenters. The highest BCUT2D eigenvalue weighted by Gasteiger charge is 2.17. The minimum absolute atomic E-state index is 0.287. The number of aromatic nitrogens is 2. The zero-order valence-corrected chi connectivity index (χ0v) is 11.1. The van der Waals surface area contributed by atoms with Gasteiger partial charge >= 0.3 is 0 Å². The van der Waals surface area contributed by atoms with E-state index in [0.29, 0.717) is 6.54 Å². The maximum atomic E-state index is 10.3. The van der Waals surface area contributed by atoms with Crippen LogP contribution in [0.3, 0.4) is 0 Å². The third-order valence-electron chi connectivity index (χ3n) is 3.13. The summed E-state index contributed by atoms with van der Waals surface area (Å²) in [4.78, 5) is 0. The summed E-state index contributed by atoms with van der Waals surface area (Å²) in [5.41, 5.74) is 2.94. The van der Waals surface area contributed by atoms with Gasteiger partial charge in [-0.25, -0.2) is 4.68 Å². The first kappa shape index (κ1) is 12.7. The lowest BCUT2D eigenvalue weighted by molar-refractivity contribution is 0.406. The van der Waals surface area contributed by atoms with E-state index in [1.54, 1.807) is 4.68 Å². The van der Waals surface area contributed by atoms with Crippen LogP contribution in [0.5, 0.6) is 5.88 Å². The lowest BCUT2D eigenvalue weighted by Gasteiger charge is -2.02. The number of benzene rings is 1. The number of nitrogens with zero attached hydrogens (tertiary/aromatic N) is 2. The molecule has 0 aliphatic carbocycles.